The van der Waals surface area contributed by atoms with E-state index in [1.54, 1.807) is 0 Å². The van der Waals surface area contributed by atoms with E-state index in [1.807, 2.05) is 17.0 Å². The van der Waals surface area contributed by atoms with Crippen LogP contribution in [0.5, 0.6) is 0 Å². The number of amides is 1. The summed E-state index contributed by atoms with van der Waals surface area (Å²) in [5.41, 5.74) is 2.17. The number of likely N-dealkylation sites (tertiary alicyclic amines) is 2. The first-order valence-corrected chi connectivity index (χ1v) is 8.83. The Labute approximate surface area is 134 Å². The fourth-order valence-electron chi connectivity index (χ4n) is 3.68. The van der Waals surface area contributed by atoms with E-state index in [0.29, 0.717) is 5.92 Å². The summed E-state index contributed by atoms with van der Waals surface area (Å²) in [6.45, 7) is 7.52. The molecule has 3 heteroatoms. The Bertz CT molecular complexity index is 491. The lowest BCUT2D eigenvalue weighted by Crippen LogP contribution is -2.39. The quantitative estimate of drug-likeness (QED) is 0.852. The summed E-state index contributed by atoms with van der Waals surface area (Å²) < 4.78 is 0. The van der Waals surface area contributed by atoms with Crippen LogP contribution in [-0.2, 0) is 6.54 Å². The van der Waals surface area contributed by atoms with Crippen LogP contribution < -0.4 is 0 Å². The van der Waals surface area contributed by atoms with Crippen molar-refractivity contribution < 1.29 is 4.79 Å². The Morgan fingerprint density at radius 2 is 1.77 bits per heavy atom. The number of hydrogen-bond acceptors (Lipinski definition) is 2. The Hall–Kier alpha value is -1.35. The number of piperidine rings is 2. The second-order valence-corrected chi connectivity index (χ2v) is 7.03. The molecule has 2 fully saturated rings. The number of carbonyl (C=O) groups excluding carboxylic acids is 1. The van der Waals surface area contributed by atoms with Gasteiger partial charge in [-0.3, -0.25) is 9.69 Å². The molecule has 22 heavy (non-hydrogen) atoms. The third kappa shape index (κ3) is 3.89. The van der Waals surface area contributed by atoms with Crippen molar-refractivity contribution in [2.24, 2.45) is 5.92 Å². The molecule has 0 spiro atoms. The zero-order valence-corrected chi connectivity index (χ0v) is 13.8. The molecule has 3 rings (SSSR count). The van der Waals surface area contributed by atoms with Crippen molar-refractivity contribution in [1.82, 2.24) is 9.80 Å². The maximum atomic E-state index is 12.6. The van der Waals surface area contributed by atoms with Crippen LogP contribution in [0.15, 0.2) is 24.3 Å². The highest BCUT2D eigenvalue weighted by atomic mass is 16.2. The van der Waals surface area contributed by atoms with Gasteiger partial charge in [-0.25, -0.2) is 0 Å². The third-order valence-electron chi connectivity index (χ3n) is 5.00. The second-order valence-electron chi connectivity index (χ2n) is 7.03. The van der Waals surface area contributed by atoms with Gasteiger partial charge in [0.25, 0.3) is 5.91 Å². The van der Waals surface area contributed by atoms with Gasteiger partial charge in [0.05, 0.1) is 0 Å². The first-order valence-electron chi connectivity index (χ1n) is 8.83. The van der Waals surface area contributed by atoms with Crippen molar-refractivity contribution in [3.8, 4) is 0 Å². The Kier molecular flexibility index (Phi) is 5.14. The minimum Gasteiger partial charge on any atom is -0.338 e. The Morgan fingerprint density at radius 1 is 1.05 bits per heavy atom. The molecule has 0 aliphatic carbocycles. The van der Waals surface area contributed by atoms with Crippen LogP contribution >= 0.6 is 0 Å². The summed E-state index contributed by atoms with van der Waals surface area (Å²) >= 11 is 0. The maximum Gasteiger partial charge on any atom is 0.253 e. The molecule has 0 radical (unpaired) electrons. The van der Waals surface area contributed by atoms with Gasteiger partial charge in [0.15, 0.2) is 0 Å². The highest BCUT2D eigenvalue weighted by Crippen LogP contribution is 2.19. The van der Waals surface area contributed by atoms with E-state index >= 15 is 0 Å². The van der Waals surface area contributed by atoms with Crippen molar-refractivity contribution in [2.45, 2.75) is 45.6 Å². The molecule has 120 valence electrons. The standard InChI is InChI=1S/C19H28N2O/c1-16-6-5-13-21(14-16)19(22)18-9-7-17(8-10-18)15-20-11-3-2-4-12-20/h7-10,16H,2-6,11-15H2,1H3/t16-/m1/s1. The molecule has 1 aromatic rings. The zero-order chi connectivity index (χ0) is 15.4. The van der Waals surface area contributed by atoms with Gasteiger partial charge in [0, 0.05) is 25.2 Å². The molecule has 2 aliphatic heterocycles. The first-order chi connectivity index (χ1) is 10.7. The van der Waals surface area contributed by atoms with Crippen LogP contribution in [0.1, 0.15) is 54.9 Å². The van der Waals surface area contributed by atoms with Gasteiger partial charge in [0.1, 0.15) is 0 Å². The Balaban J connectivity index is 1.59. The van der Waals surface area contributed by atoms with Crippen LogP contribution in [0.3, 0.4) is 0 Å². The van der Waals surface area contributed by atoms with Crippen molar-refractivity contribution >= 4 is 5.91 Å². The van der Waals surface area contributed by atoms with E-state index in [4.69, 9.17) is 0 Å². The molecule has 0 unspecified atom stereocenters. The Morgan fingerprint density at radius 3 is 2.45 bits per heavy atom. The molecule has 2 aliphatic rings. The summed E-state index contributed by atoms with van der Waals surface area (Å²) in [5, 5.41) is 0. The predicted octanol–water partition coefficient (Wildman–Crippen LogP) is 3.54. The van der Waals surface area contributed by atoms with E-state index in [0.717, 1.165) is 31.6 Å². The van der Waals surface area contributed by atoms with Crippen LogP contribution in [0, 0.1) is 5.92 Å². The van der Waals surface area contributed by atoms with Crippen LogP contribution in [0.25, 0.3) is 0 Å². The van der Waals surface area contributed by atoms with Gasteiger partial charge in [-0.05, 0) is 62.4 Å². The van der Waals surface area contributed by atoms with Gasteiger partial charge >= 0.3 is 0 Å². The van der Waals surface area contributed by atoms with Gasteiger partial charge in [-0.1, -0.05) is 25.5 Å². The summed E-state index contributed by atoms with van der Waals surface area (Å²) in [6, 6.07) is 8.30. The van der Waals surface area contributed by atoms with Gasteiger partial charge in [-0.2, -0.15) is 0 Å². The molecule has 0 N–H and O–H groups in total. The molecule has 2 heterocycles. The zero-order valence-electron chi connectivity index (χ0n) is 13.8. The van der Waals surface area contributed by atoms with Gasteiger partial charge < -0.3 is 4.90 Å². The molecule has 1 amide bonds. The van der Waals surface area contributed by atoms with E-state index in [-0.39, 0.29) is 5.91 Å². The molecule has 0 aromatic heterocycles. The second kappa shape index (κ2) is 7.28. The van der Waals surface area contributed by atoms with Crippen molar-refractivity contribution in [2.75, 3.05) is 26.2 Å². The molecular weight excluding hydrogens is 272 g/mol. The minimum absolute atomic E-state index is 0.205. The highest BCUT2D eigenvalue weighted by molar-refractivity contribution is 5.94. The van der Waals surface area contributed by atoms with E-state index < -0.39 is 0 Å². The number of carbonyl (C=O) groups is 1. The summed E-state index contributed by atoms with van der Waals surface area (Å²) in [6.07, 6.45) is 6.41. The van der Waals surface area contributed by atoms with Gasteiger partial charge in [0.2, 0.25) is 0 Å². The molecule has 2 saturated heterocycles. The summed E-state index contributed by atoms with van der Waals surface area (Å²) in [4.78, 5) is 17.1. The van der Waals surface area contributed by atoms with Crippen molar-refractivity contribution in [3.05, 3.63) is 35.4 Å². The fraction of sp³-hybridized carbons (Fsp3) is 0.632. The van der Waals surface area contributed by atoms with E-state index in [9.17, 15) is 4.79 Å². The average Bonchev–Trinajstić information content (AvgIpc) is 2.56. The molecule has 1 aromatic carbocycles. The average molecular weight is 300 g/mol. The minimum atomic E-state index is 0.205. The monoisotopic (exact) mass is 300 g/mol. The van der Waals surface area contributed by atoms with Crippen LogP contribution in [0.4, 0.5) is 0 Å². The normalized spacial score (nSPS) is 23.5. The molecular formula is C19H28N2O. The van der Waals surface area contributed by atoms with Crippen molar-refractivity contribution in [3.63, 3.8) is 0 Å². The topological polar surface area (TPSA) is 23.6 Å². The molecule has 0 bridgehead atoms. The molecule has 1 atom stereocenters. The van der Waals surface area contributed by atoms with Crippen LogP contribution in [0.2, 0.25) is 0 Å². The third-order valence-corrected chi connectivity index (χ3v) is 5.00. The van der Waals surface area contributed by atoms with E-state index in [1.165, 1.54) is 44.3 Å². The largest absolute Gasteiger partial charge is 0.338 e. The number of hydrogen-bond donors (Lipinski definition) is 0. The van der Waals surface area contributed by atoms with E-state index in [2.05, 4.69) is 24.0 Å². The lowest BCUT2D eigenvalue weighted by Gasteiger charge is -2.31. The number of nitrogens with zero attached hydrogens (tertiary/aromatic N) is 2. The predicted molar refractivity (Wildman–Crippen MR) is 89.9 cm³/mol. The fourth-order valence-corrected chi connectivity index (χ4v) is 3.68. The number of benzene rings is 1. The molecule has 3 nitrogen and oxygen atoms in total. The number of rotatable bonds is 3. The van der Waals surface area contributed by atoms with Crippen molar-refractivity contribution in [1.29, 1.82) is 0 Å². The maximum absolute atomic E-state index is 12.6. The van der Waals surface area contributed by atoms with Crippen LogP contribution in [-0.4, -0.2) is 41.9 Å². The highest BCUT2D eigenvalue weighted by Gasteiger charge is 2.22. The lowest BCUT2D eigenvalue weighted by molar-refractivity contribution is 0.0683. The molecule has 0 saturated carbocycles. The lowest BCUT2D eigenvalue weighted by atomic mass is 9.99. The smallest absolute Gasteiger partial charge is 0.253 e. The first kappa shape index (κ1) is 15.5. The summed E-state index contributed by atoms with van der Waals surface area (Å²) in [5.74, 6) is 0.840. The van der Waals surface area contributed by atoms with Gasteiger partial charge in [-0.15, -0.1) is 0 Å². The SMILES string of the molecule is C[C@@H]1CCCN(C(=O)c2ccc(CN3CCCCC3)cc2)C1. The summed E-state index contributed by atoms with van der Waals surface area (Å²) in [7, 11) is 0.